The second kappa shape index (κ2) is 5.34. The van der Waals surface area contributed by atoms with Crippen LogP contribution in [-0.4, -0.2) is 23.0 Å². The van der Waals surface area contributed by atoms with Gasteiger partial charge in [0.05, 0.1) is 19.4 Å². The molecule has 0 N–H and O–H groups in total. The van der Waals surface area contributed by atoms with E-state index in [-0.39, 0.29) is 6.10 Å². The minimum atomic E-state index is 0.0898. The summed E-state index contributed by atoms with van der Waals surface area (Å²) in [7, 11) is 3.56. The van der Waals surface area contributed by atoms with Gasteiger partial charge in [-0.3, -0.25) is 4.68 Å². The molecular weight excluding hydrogens is 240 g/mol. The molecule has 2 rings (SSSR count). The van der Waals surface area contributed by atoms with Crippen LogP contribution in [0.2, 0.25) is 0 Å². The maximum absolute atomic E-state index is 5.92. The highest BCUT2D eigenvalue weighted by molar-refractivity contribution is 5.74. The molecule has 102 valence electrons. The van der Waals surface area contributed by atoms with E-state index in [4.69, 9.17) is 9.47 Å². The average molecular weight is 260 g/mol. The van der Waals surface area contributed by atoms with Gasteiger partial charge < -0.3 is 9.47 Å². The molecule has 1 heterocycles. The molecule has 0 spiro atoms. The molecule has 0 aliphatic rings. The van der Waals surface area contributed by atoms with Gasteiger partial charge in [-0.25, -0.2) is 0 Å². The highest BCUT2D eigenvalue weighted by atomic mass is 16.5. The third kappa shape index (κ3) is 2.89. The Balaban J connectivity index is 2.59. The van der Waals surface area contributed by atoms with Crippen LogP contribution < -0.4 is 9.47 Å². The van der Waals surface area contributed by atoms with Crippen LogP contribution in [-0.2, 0) is 7.05 Å². The second-order valence-corrected chi connectivity index (χ2v) is 4.91. The van der Waals surface area contributed by atoms with Gasteiger partial charge in [-0.1, -0.05) is 0 Å². The molecule has 0 saturated heterocycles. The third-order valence-corrected chi connectivity index (χ3v) is 2.79. The predicted octanol–water partition coefficient (Wildman–Crippen LogP) is 3.19. The number of methoxy groups -OCH3 is 1. The monoisotopic (exact) mass is 260 g/mol. The van der Waals surface area contributed by atoms with E-state index in [0.717, 1.165) is 28.2 Å². The fraction of sp³-hybridized carbons (Fsp3) is 0.400. The van der Waals surface area contributed by atoms with Crippen LogP contribution in [0, 0.1) is 6.92 Å². The molecule has 0 aliphatic heterocycles. The zero-order valence-electron chi connectivity index (χ0n) is 12.1. The van der Waals surface area contributed by atoms with Crippen LogP contribution in [0.25, 0.3) is 11.1 Å². The summed E-state index contributed by atoms with van der Waals surface area (Å²) in [5.41, 5.74) is 3.17. The smallest absolute Gasteiger partial charge is 0.169 e. The summed E-state index contributed by atoms with van der Waals surface area (Å²) in [5, 5.41) is 4.22. The minimum absolute atomic E-state index is 0.0898. The third-order valence-electron chi connectivity index (χ3n) is 2.79. The van der Waals surface area contributed by atoms with Crippen LogP contribution >= 0.6 is 0 Å². The van der Waals surface area contributed by atoms with Gasteiger partial charge in [-0.15, -0.1) is 0 Å². The topological polar surface area (TPSA) is 36.3 Å². The largest absolute Gasteiger partial charge is 0.493 e. The Morgan fingerprint density at radius 2 is 2.00 bits per heavy atom. The first-order valence-electron chi connectivity index (χ1n) is 6.35. The lowest BCUT2D eigenvalue weighted by atomic mass is 10.0. The van der Waals surface area contributed by atoms with Gasteiger partial charge in [0.2, 0.25) is 0 Å². The predicted molar refractivity (Wildman–Crippen MR) is 75.7 cm³/mol. The van der Waals surface area contributed by atoms with Crippen molar-refractivity contribution in [3.63, 3.8) is 0 Å². The molecule has 0 bridgehead atoms. The second-order valence-electron chi connectivity index (χ2n) is 4.91. The SMILES string of the molecule is COc1cc(C)cc(-c2cnn(C)c2)c1OC(C)C. The lowest BCUT2D eigenvalue weighted by molar-refractivity contribution is 0.231. The standard InChI is InChI=1S/C15H20N2O2/c1-10(2)19-15-13(12-8-16-17(4)9-12)6-11(3)7-14(15)18-5/h6-10H,1-5H3. The van der Waals surface area contributed by atoms with E-state index in [1.165, 1.54) is 0 Å². The Morgan fingerprint density at radius 3 is 2.53 bits per heavy atom. The first-order chi connectivity index (χ1) is 9.01. The van der Waals surface area contributed by atoms with Crippen molar-refractivity contribution in [2.45, 2.75) is 26.9 Å². The highest BCUT2D eigenvalue weighted by Gasteiger charge is 2.16. The lowest BCUT2D eigenvalue weighted by Gasteiger charge is -2.17. The lowest BCUT2D eigenvalue weighted by Crippen LogP contribution is -2.08. The fourth-order valence-electron chi connectivity index (χ4n) is 2.02. The molecule has 0 unspecified atom stereocenters. The number of nitrogens with zero attached hydrogens (tertiary/aromatic N) is 2. The van der Waals surface area contributed by atoms with Crippen LogP contribution in [0.3, 0.4) is 0 Å². The van der Waals surface area contributed by atoms with Crippen molar-refractivity contribution in [1.82, 2.24) is 9.78 Å². The van der Waals surface area contributed by atoms with Gasteiger partial charge in [0, 0.05) is 24.4 Å². The van der Waals surface area contributed by atoms with E-state index in [2.05, 4.69) is 11.2 Å². The van der Waals surface area contributed by atoms with Gasteiger partial charge in [0.1, 0.15) is 0 Å². The summed E-state index contributed by atoms with van der Waals surface area (Å²) in [6, 6.07) is 4.08. The quantitative estimate of drug-likeness (QED) is 0.847. The van der Waals surface area contributed by atoms with Crippen LogP contribution in [0.5, 0.6) is 11.5 Å². The van der Waals surface area contributed by atoms with Crippen molar-refractivity contribution in [2.75, 3.05) is 7.11 Å². The van der Waals surface area contributed by atoms with Crippen molar-refractivity contribution in [1.29, 1.82) is 0 Å². The van der Waals surface area contributed by atoms with Crippen molar-refractivity contribution >= 4 is 0 Å². The van der Waals surface area contributed by atoms with Crippen molar-refractivity contribution in [3.8, 4) is 22.6 Å². The molecule has 0 radical (unpaired) electrons. The van der Waals surface area contributed by atoms with E-state index in [9.17, 15) is 0 Å². The van der Waals surface area contributed by atoms with Gasteiger partial charge in [-0.05, 0) is 38.5 Å². The molecule has 4 heteroatoms. The maximum Gasteiger partial charge on any atom is 0.169 e. The first-order valence-corrected chi connectivity index (χ1v) is 6.35. The summed E-state index contributed by atoms with van der Waals surface area (Å²) in [5.74, 6) is 1.53. The molecule has 4 nitrogen and oxygen atoms in total. The maximum atomic E-state index is 5.92. The number of hydrogen-bond acceptors (Lipinski definition) is 3. The summed E-state index contributed by atoms with van der Waals surface area (Å²) >= 11 is 0. The van der Waals surface area contributed by atoms with Crippen molar-refractivity contribution in [2.24, 2.45) is 7.05 Å². The van der Waals surface area contributed by atoms with E-state index in [1.54, 1.807) is 11.8 Å². The highest BCUT2D eigenvalue weighted by Crippen LogP contribution is 2.39. The zero-order chi connectivity index (χ0) is 14.0. The van der Waals surface area contributed by atoms with Gasteiger partial charge >= 0.3 is 0 Å². The molecule has 1 aromatic carbocycles. The van der Waals surface area contributed by atoms with Crippen LogP contribution in [0.15, 0.2) is 24.5 Å². The average Bonchev–Trinajstić information content (AvgIpc) is 2.77. The molecule has 0 atom stereocenters. The normalized spacial score (nSPS) is 10.8. The van der Waals surface area contributed by atoms with Crippen LogP contribution in [0.4, 0.5) is 0 Å². The van der Waals surface area contributed by atoms with E-state index >= 15 is 0 Å². The molecule has 19 heavy (non-hydrogen) atoms. The Bertz CT molecular complexity index is 574. The van der Waals surface area contributed by atoms with E-state index < -0.39 is 0 Å². The van der Waals surface area contributed by atoms with Crippen LogP contribution in [0.1, 0.15) is 19.4 Å². The van der Waals surface area contributed by atoms with E-state index in [1.807, 2.05) is 46.3 Å². The summed E-state index contributed by atoms with van der Waals surface area (Å²) < 4.78 is 13.1. The van der Waals surface area contributed by atoms with E-state index in [0.29, 0.717) is 0 Å². The molecule has 0 saturated carbocycles. The van der Waals surface area contributed by atoms with Crippen molar-refractivity contribution in [3.05, 3.63) is 30.1 Å². The zero-order valence-corrected chi connectivity index (χ0v) is 12.1. The number of rotatable bonds is 4. The number of aromatic nitrogens is 2. The molecule has 0 fully saturated rings. The minimum Gasteiger partial charge on any atom is -0.493 e. The summed E-state index contributed by atoms with van der Waals surface area (Å²) in [4.78, 5) is 0. The Kier molecular flexibility index (Phi) is 3.79. The number of ether oxygens (including phenoxy) is 2. The molecule has 2 aromatic rings. The summed E-state index contributed by atoms with van der Waals surface area (Å²) in [6.45, 7) is 6.06. The Morgan fingerprint density at radius 1 is 1.26 bits per heavy atom. The summed E-state index contributed by atoms with van der Waals surface area (Å²) in [6.07, 6.45) is 3.90. The number of aryl methyl sites for hydroxylation is 2. The van der Waals surface area contributed by atoms with Crippen molar-refractivity contribution < 1.29 is 9.47 Å². The first kappa shape index (κ1) is 13.5. The van der Waals surface area contributed by atoms with Gasteiger partial charge in [0.25, 0.3) is 0 Å². The fourth-order valence-corrected chi connectivity index (χ4v) is 2.02. The Labute approximate surface area is 114 Å². The van der Waals surface area contributed by atoms with Gasteiger partial charge in [-0.2, -0.15) is 5.10 Å². The molecule has 0 amide bonds. The number of benzene rings is 1. The number of hydrogen-bond donors (Lipinski definition) is 0. The molecule has 1 aromatic heterocycles. The van der Waals surface area contributed by atoms with Gasteiger partial charge in [0.15, 0.2) is 11.5 Å². The molecular formula is C15H20N2O2. The Hall–Kier alpha value is -1.97. The molecule has 0 aliphatic carbocycles.